The van der Waals surface area contributed by atoms with Gasteiger partial charge >= 0.3 is 5.97 Å². The van der Waals surface area contributed by atoms with E-state index in [0.717, 1.165) is 11.5 Å². The number of rotatable bonds is 5. The van der Waals surface area contributed by atoms with E-state index >= 15 is 0 Å². The lowest BCUT2D eigenvalue weighted by atomic mass is 9.98. The molecule has 1 heterocycles. The van der Waals surface area contributed by atoms with E-state index in [0.29, 0.717) is 11.3 Å². The Bertz CT molecular complexity index is 375. The van der Waals surface area contributed by atoms with Crippen LogP contribution in [0.4, 0.5) is 0 Å². The van der Waals surface area contributed by atoms with Crippen molar-refractivity contribution in [3.05, 3.63) is 11.1 Å². The Morgan fingerprint density at radius 3 is 2.75 bits per heavy atom. The fraction of sp³-hybridized carbons (Fsp3) is 0.556. The highest BCUT2D eigenvalue weighted by molar-refractivity contribution is 7.07. The van der Waals surface area contributed by atoms with Gasteiger partial charge in [0.15, 0.2) is 0 Å². The van der Waals surface area contributed by atoms with Gasteiger partial charge in [-0.15, -0.1) is 5.10 Å². The lowest BCUT2D eigenvalue weighted by molar-refractivity contribution is -0.137. The number of carbonyl (C=O) groups is 2. The van der Waals surface area contributed by atoms with E-state index in [-0.39, 0.29) is 12.3 Å². The Kier molecular flexibility index (Phi) is 3.94. The second-order valence-corrected chi connectivity index (χ2v) is 4.80. The normalized spacial score (nSPS) is 11.1. The lowest BCUT2D eigenvalue weighted by Gasteiger charge is -2.25. The summed E-state index contributed by atoms with van der Waals surface area (Å²) in [7, 11) is 0. The predicted octanol–water partition coefficient (Wildman–Crippen LogP) is 0.911. The molecule has 0 radical (unpaired) electrons. The molecule has 0 fully saturated rings. The van der Waals surface area contributed by atoms with E-state index in [1.54, 1.807) is 13.8 Å². The Morgan fingerprint density at radius 2 is 2.25 bits per heavy atom. The second kappa shape index (κ2) is 5.02. The molecule has 0 aromatic carbocycles. The highest BCUT2D eigenvalue weighted by Gasteiger charge is 2.22. The molecule has 6 nitrogen and oxygen atoms in total. The van der Waals surface area contributed by atoms with Crippen LogP contribution in [0.25, 0.3) is 0 Å². The standard InChI is InChI=1S/C9H13N3O3S/c1-9(2,4-3-7(13)14)11-8(15)6-5-10-12-16-6/h5H,3-4H2,1-2H3,(H,11,15)(H,13,14). The third kappa shape index (κ3) is 3.93. The molecule has 0 spiro atoms. The van der Waals surface area contributed by atoms with Gasteiger partial charge < -0.3 is 10.4 Å². The van der Waals surface area contributed by atoms with Crippen LogP contribution in [0, 0.1) is 0 Å². The fourth-order valence-electron chi connectivity index (χ4n) is 1.12. The van der Waals surface area contributed by atoms with Crippen LogP contribution in [-0.2, 0) is 4.79 Å². The number of carbonyl (C=O) groups excluding carboxylic acids is 1. The van der Waals surface area contributed by atoms with Gasteiger partial charge in [0, 0.05) is 12.0 Å². The van der Waals surface area contributed by atoms with E-state index in [1.807, 2.05) is 0 Å². The Labute approximate surface area is 96.8 Å². The zero-order valence-corrected chi connectivity index (χ0v) is 9.87. The molecule has 0 aliphatic heterocycles. The molecule has 2 N–H and O–H groups in total. The topological polar surface area (TPSA) is 92.2 Å². The summed E-state index contributed by atoms with van der Waals surface area (Å²) in [6.45, 7) is 3.56. The molecule has 1 aromatic rings. The SMILES string of the molecule is CC(C)(CCC(=O)O)NC(=O)c1cnns1. The number of nitrogens with zero attached hydrogens (tertiary/aromatic N) is 2. The summed E-state index contributed by atoms with van der Waals surface area (Å²) >= 11 is 1.01. The van der Waals surface area contributed by atoms with Crippen molar-refractivity contribution >= 4 is 23.4 Å². The first-order chi connectivity index (χ1) is 7.41. The molecular weight excluding hydrogens is 230 g/mol. The van der Waals surface area contributed by atoms with Gasteiger partial charge in [0.1, 0.15) is 4.88 Å². The van der Waals surface area contributed by atoms with E-state index in [4.69, 9.17) is 5.11 Å². The minimum atomic E-state index is -0.873. The smallest absolute Gasteiger partial charge is 0.303 e. The number of carboxylic acids is 1. The number of amides is 1. The molecule has 0 aliphatic rings. The molecule has 1 aromatic heterocycles. The lowest BCUT2D eigenvalue weighted by Crippen LogP contribution is -2.43. The maximum absolute atomic E-state index is 11.6. The maximum Gasteiger partial charge on any atom is 0.303 e. The van der Waals surface area contributed by atoms with Gasteiger partial charge in [0.05, 0.1) is 6.20 Å². The number of aliphatic carboxylic acids is 1. The highest BCUT2D eigenvalue weighted by atomic mass is 32.1. The molecule has 1 amide bonds. The van der Waals surface area contributed by atoms with E-state index in [1.165, 1.54) is 6.20 Å². The molecule has 7 heteroatoms. The van der Waals surface area contributed by atoms with Crippen molar-refractivity contribution in [3.8, 4) is 0 Å². The second-order valence-electron chi connectivity index (χ2n) is 4.01. The zero-order valence-electron chi connectivity index (χ0n) is 9.06. The Hall–Kier alpha value is -1.50. The molecule has 0 saturated carbocycles. The van der Waals surface area contributed by atoms with Crippen molar-refractivity contribution in [1.29, 1.82) is 0 Å². The number of hydrogen-bond donors (Lipinski definition) is 2. The molecule has 16 heavy (non-hydrogen) atoms. The van der Waals surface area contributed by atoms with E-state index in [2.05, 4.69) is 14.9 Å². The summed E-state index contributed by atoms with van der Waals surface area (Å²) in [4.78, 5) is 22.5. The van der Waals surface area contributed by atoms with Crippen LogP contribution >= 0.6 is 11.5 Å². The minimum absolute atomic E-state index is 0.0220. The van der Waals surface area contributed by atoms with Crippen LogP contribution in [0.2, 0.25) is 0 Å². The molecule has 1 rings (SSSR count). The van der Waals surface area contributed by atoms with Gasteiger partial charge in [-0.05, 0) is 31.8 Å². The van der Waals surface area contributed by atoms with Crippen molar-refractivity contribution in [3.63, 3.8) is 0 Å². The molecule has 0 unspecified atom stereocenters. The van der Waals surface area contributed by atoms with Crippen molar-refractivity contribution in [2.45, 2.75) is 32.2 Å². The first-order valence-corrected chi connectivity index (χ1v) is 5.50. The molecule has 0 saturated heterocycles. The molecule has 0 bridgehead atoms. The number of hydrogen-bond acceptors (Lipinski definition) is 5. The van der Waals surface area contributed by atoms with Crippen LogP contribution in [-0.4, -0.2) is 32.1 Å². The average molecular weight is 243 g/mol. The summed E-state index contributed by atoms with van der Waals surface area (Å²) in [5.41, 5.74) is -0.556. The minimum Gasteiger partial charge on any atom is -0.481 e. The van der Waals surface area contributed by atoms with Crippen molar-refractivity contribution in [2.75, 3.05) is 0 Å². The van der Waals surface area contributed by atoms with Crippen molar-refractivity contribution in [2.24, 2.45) is 0 Å². The molecule has 0 atom stereocenters. The van der Waals surface area contributed by atoms with Gasteiger partial charge in [-0.3, -0.25) is 9.59 Å². The Balaban J connectivity index is 2.52. The van der Waals surface area contributed by atoms with Crippen LogP contribution in [0.5, 0.6) is 0 Å². The van der Waals surface area contributed by atoms with E-state index in [9.17, 15) is 9.59 Å². The summed E-state index contributed by atoms with van der Waals surface area (Å²) in [6, 6.07) is 0. The number of aromatic nitrogens is 2. The summed E-state index contributed by atoms with van der Waals surface area (Å²) < 4.78 is 3.58. The van der Waals surface area contributed by atoms with Gasteiger partial charge in [-0.1, -0.05) is 4.49 Å². The number of carboxylic acid groups (broad SMARTS) is 1. The van der Waals surface area contributed by atoms with Gasteiger partial charge in [0.25, 0.3) is 5.91 Å². The number of nitrogens with one attached hydrogen (secondary N) is 1. The third-order valence-electron chi connectivity index (χ3n) is 2.00. The maximum atomic E-state index is 11.6. The zero-order chi connectivity index (χ0) is 12.2. The van der Waals surface area contributed by atoms with Crippen LogP contribution in [0.15, 0.2) is 6.20 Å². The monoisotopic (exact) mass is 243 g/mol. The summed E-state index contributed by atoms with van der Waals surface area (Å²) in [5.74, 6) is -1.15. The Morgan fingerprint density at radius 1 is 1.56 bits per heavy atom. The van der Waals surface area contributed by atoms with Gasteiger partial charge in [-0.2, -0.15) is 0 Å². The summed E-state index contributed by atoms with van der Waals surface area (Å²) in [6.07, 6.45) is 1.78. The van der Waals surface area contributed by atoms with E-state index < -0.39 is 11.5 Å². The first-order valence-electron chi connectivity index (χ1n) is 4.72. The fourth-order valence-corrected chi connectivity index (χ4v) is 1.53. The van der Waals surface area contributed by atoms with Crippen LogP contribution in [0.3, 0.4) is 0 Å². The van der Waals surface area contributed by atoms with Gasteiger partial charge in [0.2, 0.25) is 0 Å². The third-order valence-corrected chi connectivity index (χ3v) is 2.66. The van der Waals surface area contributed by atoms with Gasteiger partial charge in [-0.25, -0.2) is 0 Å². The molecule has 88 valence electrons. The largest absolute Gasteiger partial charge is 0.481 e. The summed E-state index contributed by atoms with van der Waals surface area (Å²) in [5, 5.41) is 14.9. The highest BCUT2D eigenvalue weighted by Crippen LogP contribution is 2.13. The quantitative estimate of drug-likeness (QED) is 0.802. The molecule has 0 aliphatic carbocycles. The average Bonchev–Trinajstić information content (AvgIpc) is 2.67. The predicted molar refractivity (Wildman–Crippen MR) is 58.3 cm³/mol. The van der Waals surface area contributed by atoms with Crippen molar-refractivity contribution in [1.82, 2.24) is 14.9 Å². The van der Waals surface area contributed by atoms with Crippen LogP contribution in [0.1, 0.15) is 36.4 Å². The molecular formula is C9H13N3O3S. The van der Waals surface area contributed by atoms with Crippen molar-refractivity contribution < 1.29 is 14.7 Å². The van der Waals surface area contributed by atoms with Crippen LogP contribution < -0.4 is 5.32 Å². The first kappa shape index (κ1) is 12.6.